The Balaban J connectivity index is 1.78. The zero-order valence-corrected chi connectivity index (χ0v) is 19.1. The third-order valence-corrected chi connectivity index (χ3v) is 7.14. The second-order valence-electron chi connectivity index (χ2n) is 7.98. The average Bonchev–Trinajstić information content (AvgIpc) is 3.18. The average molecular weight is 438 g/mol. The highest BCUT2D eigenvalue weighted by Crippen LogP contribution is 2.47. The number of nitrogens with one attached hydrogen (secondary N) is 1. The van der Waals surface area contributed by atoms with E-state index in [2.05, 4.69) is 5.32 Å². The predicted molar refractivity (Wildman–Crippen MR) is 121 cm³/mol. The summed E-state index contributed by atoms with van der Waals surface area (Å²) in [7, 11) is 1.65. The van der Waals surface area contributed by atoms with Gasteiger partial charge in [-0.2, -0.15) is 0 Å². The molecule has 0 saturated heterocycles. The van der Waals surface area contributed by atoms with Crippen molar-refractivity contribution in [2.45, 2.75) is 45.4 Å². The number of Topliss-reactive ketones (excluding diaryl/α,β-unsaturated/α-hetero) is 1. The van der Waals surface area contributed by atoms with Gasteiger partial charge in [-0.1, -0.05) is 12.1 Å². The van der Waals surface area contributed by atoms with Crippen molar-refractivity contribution in [2.75, 3.05) is 13.7 Å². The summed E-state index contributed by atoms with van der Waals surface area (Å²) in [6.07, 6.45) is 1.12. The van der Waals surface area contributed by atoms with Crippen LogP contribution in [0.15, 0.2) is 58.3 Å². The van der Waals surface area contributed by atoms with Crippen molar-refractivity contribution in [3.63, 3.8) is 0 Å². The number of hydrogen-bond donors (Lipinski definition) is 1. The number of thiophene rings is 1. The Morgan fingerprint density at radius 1 is 1.23 bits per heavy atom. The maximum Gasteiger partial charge on any atom is 0.336 e. The van der Waals surface area contributed by atoms with E-state index in [0.29, 0.717) is 30.6 Å². The van der Waals surface area contributed by atoms with Crippen molar-refractivity contribution < 1.29 is 19.1 Å². The number of rotatable bonds is 5. The minimum atomic E-state index is -0.381. The van der Waals surface area contributed by atoms with Crippen LogP contribution in [0.2, 0.25) is 0 Å². The standard InChI is InChI=1S/C25H27NO4S/c1-5-30-25(28)21-15(3)26-19-12-17(16-7-6-8-18(11-16)29-4)13-20(27)22(19)23(21)24-14(2)9-10-31-24/h6-11,17,23,26H,5,12-13H2,1-4H3. The third-order valence-electron chi connectivity index (χ3n) is 6.05. The maximum atomic E-state index is 13.5. The molecule has 0 saturated carbocycles. The van der Waals surface area contributed by atoms with E-state index in [-0.39, 0.29) is 23.6 Å². The van der Waals surface area contributed by atoms with Crippen molar-refractivity contribution in [1.29, 1.82) is 0 Å². The first-order valence-corrected chi connectivity index (χ1v) is 11.4. The molecule has 1 aromatic heterocycles. The number of carbonyl (C=O) groups is 2. The first-order chi connectivity index (χ1) is 14.9. The SMILES string of the molecule is CCOC(=O)C1=C(C)NC2=C(C(=O)CC(c3cccc(OC)c3)C2)C1c1sccc1C. The van der Waals surface area contributed by atoms with E-state index >= 15 is 0 Å². The molecule has 2 aliphatic rings. The third kappa shape index (κ3) is 3.92. The monoisotopic (exact) mass is 437 g/mol. The molecular weight excluding hydrogens is 410 g/mol. The lowest BCUT2D eigenvalue weighted by Crippen LogP contribution is -2.36. The number of dihydropyridines is 1. The van der Waals surface area contributed by atoms with Crippen LogP contribution >= 0.6 is 11.3 Å². The predicted octanol–water partition coefficient (Wildman–Crippen LogP) is 4.99. The molecular formula is C25H27NO4S. The fourth-order valence-electron chi connectivity index (χ4n) is 4.59. The Hall–Kier alpha value is -2.86. The molecule has 0 spiro atoms. The zero-order valence-electron chi connectivity index (χ0n) is 18.3. The summed E-state index contributed by atoms with van der Waals surface area (Å²) in [5.41, 5.74) is 5.09. The molecule has 1 aliphatic heterocycles. The first kappa shape index (κ1) is 21.4. The highest BCUT2D eigenvalue weighted by Gasteiger charge is 2.42. The van der Waals surface area contributed by atoms with Crippen LogP contribution in [0.4, 0.5) is 0 Å². The fourth-order valence-corrected chi connectivity index (χ4v) is 5.64. The van der Waals surface area contributed by atoms with Gasteiger partial charge in [-0.15, -0.1) is 11.3 Å². The van der Waals surface area contributed by atoms with Crippen molar-refractivity contribution in [1.82, 2.24) is 5.32 Å². The van der Waals surface area contributed by atoms with Crippen LogP contribution in [0.1, 0.15) is 54.5 Å². The van der Waals surface area contributed by atoms with E-state index in [1.165, 1.54) is 0 Å². The van der Waals surface area contributed by atoms with Crippen LogP contribution in [-0.2, 0) is 14.3 Å². The van der Waals surface area contributed by atoms with Crippen LogP contribution in [0, 0.1) is 6.92 Å². The van der Waals surface area contributed by atoms with Gasteiger partial charge >= 0.3 is 5.97 Å². The molecule has 2 unspecified atom stereocenters. The smallest absolute Gasteiger partial charge is 0.336 e. The van der Waals surface area contributed by atoms with Crippen LogP contribution in [-0.4, -0.2) is 25.5 Å². The number of methoxy groups -OCH3 is 1. The summed E-state index contributed by atoms with van der Waals surface area (Å²) in [6, 6.07) is 9.94. The second kappa shape index (κ2) is 8.71. The molecule has 1 aliphatic carbocycles. The van der Waals surface area contributed by atoms with Gasteiger partial charge in [0.25, 0.3) is 0 Å². The lowest BCUT2D eigenvalue weighted by atomic mass is 9.73. The Morgan fingerprint density at radius 2 is 2.03 bits per heavy atom. The van der Waals surface area contributed by atoms with Gasteiger partial charge in [0.1, 0.15) is 5.75 Å². The molecule has 162 valence electrons. The summed E-state index contributed by atoms with van der Waals surface area (Å²) >= 11 is 1.58. The van der Waals surface area contributed by atoms with Gasteiger partial charge in [-0.25, -0.2) is 4.79 Å². The van der Waals surface area contributed by atoms with Crippen LogP contribution in [0.25, 0.3) is 0 Å². The van der Waals surface area contributed by atoms with Crippen LogP contribution in [0.5, 0.6) is 5.75 Å². The summed E-state index contributed by atoms with van der Waals surface area (Å²) in [6.45, 7) is 6.01. The Labute approximate surface area is 186 Å². The van der Waals surface area contributed by atoms with Crippen molar-refractivity contribution in [2.24, 2.45) is 0 Å². The normalized spacial score (nSPS) is 21.0. The quantitative estimate of drug-likeness (QED) is 0.668. The van der Waals surface area contributed by atoms with Crippen LogP contribution < -0.4 is 10.1 Å². The van der Waals surface area contributed by atoms with E-state index < -0.39 is 0 Å². The van der Waals surface area contributed by atoms with Gasteiger partial charge in [0.05, 0.1) is 25.2 Å². The highest BCUT2D eigenvalue weighted by atomic mass is 32.1. The number of hydrogen-bond acceptors (Lipinski definition) is 6. The molecule has 5 nitrogen and oxygen atoms in total. The van der Waals surface area contributed by atoms with E-state index in [4.69, 9.17) is 9.47 Å². The fraction of sp³-hybridized carbons (Fsp3) is 0.360. The van der Waals surface area contributed by atoms with Crippen molar-refractivity contribution >= 4 is 23.1 Å². The molecule has 31 heavy (non-hydrogen) atoms. The topological polar surface area (TPSA) is 64.6 Å². The largest absolute Gasteiger partial charge is 0.497 e. The van der Waals surface area contributed by atoms with Crippen LogP contribution in [0.3, 0.4) is 0 Å². The highest BCUT2D eigenvalue weighted by molar-refractivity contribution is 7.10. The van der Waals surface area contributed by atoms with Gasteiger partial charge in [-0.05, 0) is 67.8 Å². The number of ether oxygens (including phenoxy) is 2. The molecule has 1 aromatic carbocycles. The molecule has 0 fully saturated rings. The Morgan fingerprint density at radius 3 is 2.71 bits per heavy atom. The molecule has 0 radical (unpaired) electrons. The van der Waals surface area contributed by atoms with Gasteiger partial charge in [-0.3, -0.25) is 4.79 Å². The number of carbonyl (C=O) groups excluding carboxylic acids is 2. The molecule has 0 amide bonds. The number of allylic oxidation sites excluding steroid dienone is 3. The van der Waals surface area contributed by atoms with Gasteiger partial charge in [0.2, 0.25) is 0 Å². The van der Waals surface area contributed by atoms with E-state index in [1.54, 1.807) is 25.4 Å². The number of esters is 1. The summed E-state index contributed by atoms with van der Waals surface area (Å²) in [5.74, 6) is 0.187. The van der Waals surface area contributed by atoms with Crippen molar-refractivity contribution in [3.8, 4) is 5.75 Å². The number of benzene rings is 1. The molecule has 2 aromatic rings. The number of ketones is 1. The second-order valence-corrected chi connectivity index (χ2v) is 8.93. The van der Waals surface area contributed by atoms with Gasteiger partial charge in [0.15, 0.2) is 5.78 Å². The number of aryl methyl sites for hydroxylation is 1. The van der Waals surface area contributed by atoms with E-state index in [1.807, 2.05) is 49.6 Å². The van der Waals surface area contributed by atoms with Gasteiger partial charge in [0, 0.05) is 28.3 Å². The summed E-state index contributed by atoms with van der Waals surface area (Å²) in [5, 5.41) is 5.40. The van der Waals surface area contributed by atoms with Crippen molar-refractivity contribution in [3.05, 3.63) is 74.3 Å². The Bertz CT molecular complexity index is 1090. The molecule has 0 bridgehead atoms. The molecule has 2 atom stereocenters. The summed E-state index contributed by atoms with van der Waals surface area (Å²) in [4.78, 5) is 27.4. The summed E-state index contributed by atoms with van der Waals surface area (Å²) < 4.78 is 10.7. The van der Waals surface area contributed by atoms with Gasteiger partial charge < -0.3 is 14.8 Å². The first-order valence-electron chi connectivity index (χ1n) is 10.5. The molecule has 6 heteroatoms. The minimum Gasteiger partial charge on any atom is -0.497 e. The maximum absolute atomic E-state index is 13.5. The minimum absolute atomic E-state index is 0.0656. The lowest BCUT2D eigenvalue weighted by Gasteiger charge is -2.36. The molecule has 2 heterocycles. The van der Waals surface area contributed by atoms with E-state index in [0.717, 1.165) is 33.1 Å². The zero-order chi connectivity index (χ0) is 22.1. The lowest BCUT2D eigenvalue weighted by molar-refractivity contribution is -0.138. The molecule has 4 rings (SSSR count). The molecule has 1 N–H and O–H groups in total. The Kier molecular flexibility index (Phi) is 6.01. The van der Waals surface area contributed by atoms with E-state index in [9.17, 15) is 9.59 Å².